The molecule has 0 aromatic heterocycles. The zero-order valence-corrected chi connectivity index (χ0v) is 11.8. The van der Waals surface area contributed by atoms with Gasteiger partial charge in [0.1, 0.15) is 5.75 Å². The third kappa shape index (κ3) is 5.92. The quantitative estimate of drug-likeness (QED) is 0.861. The summed E-state index contributed by atoms with van der Waals surface area (Å²) in [6.45, 7) is 6.30. The number of hydrogen-bond acceptors (Lipinski definition) is 2. The number of ether oxygens (including phenoxy) is 1. The van der Waals surface area contributed by atoms with Gasteiger partial charge in [0.2, 0.25) is 0 Å². The molecule has 0 heterocycles. The fraction of sp³-hybridized carbons (Fsp3) is 0.500. The van der Waals surface area contributed by atoms with Crippen molar-refractivity contribution in [3.63, 3.8) is 0 Å². The molecule has 1 aromatic rings. The summed E-state index contributed by atoms with van der Waals surface area (Å²) in [6.07, 6.45) is 0.965. The molecule has 1 amide bonds. The van der Waals surface area contributed by atoms with E-state index in [2.05, 4.69) is 19.2 Å². The molecule has 100 valence electrons. The third-order valence-electron chi connectivity index (χ3n) is 2.42. The van der Waals surface area contributed by atoms with Crippen LogP contribution in [0.2, 0.25) is 5.02 Å². The molecule has 1 aromatic carbocycles. The van der Waals surface area contributed by atoms with Crippen LogP contribution >= 0.6 is 11.6 Å². The molecule has 1 atom stereocenters. The number of rotatable bonds is 6. The molecule has 0 spiro atoms. The molecule has 1 N–H and O–H groups in total. The number of amides is 1. The van der Waals surface area contributed by atoms with E-state index in [0.29, 0.717) is 16.7 Å². The molecule has 0 saturated heterocycles. The van der Waals surface area contributed by atoms with E-state index in [-0.39, 0.29) is 18.6 Å². The van der Waals surface area contributed by atoms with E-state index in [4.69, 9.17) is 16.3 Å². The molecule has 0 bridgehead atoms. The number of benzene rings is 1. The Morgan fingerprint density at radius 3 is 2.44 bits per heavy atom. The minimum atomic E-state index is -0.0990. The summed E-state index contributed by atoms with van der Waals surface area (Å²) < 4.78 is 5.36. The molecule has 0 aliphatic heterocycles. The van der Waals surface area contributed by atoms with Crippen LogP contribution in [0.15, 0.2) is 24.3 Å². The molecule has 0 fully saturated rings. The lowest BCUT2D eigenvalue weighted by Gasteiger charge is -2.16. The zero-order chi connectivity index (χ0) is 13.5. The van der Waals surface area contributed by atoms with Crippen molar-refractivity contribution in [3.05, 3.63) is 29.3 Å². The molecule has 1 unspecified atom stereocenters. The number of carbonyl (C=O) groups is 1. The first-order chi connectivity index (χ1) is 8.47. The van der Waals surface area contributed by atoms with Crippen molar-refractivity contribution in [1.82, 2.24) is 5.32 Å². The Morgan fingerprint density at radius 1 is 1.28 bits per heavy atom. The topological polar surface area (TPSA) is 38.3 Å². The van der Waals surface area contributed by atoms with Crippen molar-refractivity contribution in [3.8, 4) is 5.75 Å². The van der Waals surface area contributed by atoms with Gasteiger partial charge in [-0.05, 0) is 43.5 Å². The van der Waals surface area contributed by atoms with E-state index in [9.17, 15) is 4.79 Å². The van der Waals surface area contributed by atoms with Crippen LogP contribution in [-0.2, 0) is 4.79 Å². The molecule has 1 rings (SSSR count). The largest absolute Gasteiger partial charge is 0.484 e. The van der Waals surface area contributed by atoms with E-state index < -0.39 is 0 Å². The van der Waals surface area contributed by atoms with Crippen molar-refractivity contribution < 1.29 is 9.53 Å². The van der Waals surface area contributed by atoms with Crippen LogP contribution < -0.4 is 10.1 Å². The molecule has 0 aliphatic carbocycles. The van der Waals surface area contributed by atoms with Crippen molar-refractivity contribution in [2.75, 3.05) is 6.61 Å². The third-order valence-corrected chi connectivity index (χ3v) is 2.67. The number of hydrogen-bond donors (Lipinski definition) is 1. The van der Waals surface area contributed by atoms with E-state index >= 15 is 0 Å². The van der Waals surface area contributed by atoms with Crippen molar-refractivity contribution >= 4 is 17.5 Å². The first-order valence-corrected chi connectivity index (χ1v) is 6.53. The van der Waals surface area contributed by atoms with Crippen LogP contribution in [-0.4, -0.2) is 18.6 Å². The SMILES string of the molecule is CC(C)CC(C)NC(=O)COc1ccc(Cl)cc1. The Morgan fingerprint density at radius 2 is 1.89 bits per heavy atom. The standard InChI is InChI=1S/C14H20ClNO2/c1-10(2)8-11(3)16-14(17)9-18-13-6-4-12(15)5-7-13/h4-7,10-11H,8-9H2,1-3H3,(H,16,17). The predicted molar refractivity (Wildman–Crippen MR) is 74.0 cm³/mol. The fourth-order valence-electron chi connectivity index (χ4n) is 1.76. The Bertz CT molecular complexity index is 376. The van der Waals surface area contributed by atoms with Crippen LogP contribution in [0, 0.1) is 5.92 Å². The summed E-state index contributed by atoms with van der Waals surface area (Å²) >= 11 is 5.76. The normalized spacial score (nSPS) is 12.3. The van der Waals surface area contributed by atoms with Gasteiger partial charge in [0.25, 0.3) is 5.91 Å². The molecular formula is C14H20ClNO2. The van der Waals surface area contributed by atoms with Gasteiger partial charge in [0.05, 0.1) is 0 Å². The first kappa shape index (κ1) is 14.8. The van der Waals surface area contributed by atoms with Gasteiger partial charge in [0.15, 0.2) is 6.61 Å². The highest BCUT2D eigenvalue weighted by Crippen LogP contribution is 2.15. The molecule has 0 radical (unpaired) electrons. The zero-order valence-electron chi connectivity index (χ0n) is 11.1. The van der Waals surface area contributed by atoms with Crippen LogP contribution in [0.5, 0.6) is 5.75 Å². The molecular weight excluding hydrogens is 250 g/mol. The number of nitrogens with one attached hydrogen (secondary N) is 1. The molecule has 0 saturated carbocycles. The highest BCUT2D eigenvalue weighted by atomic mass is 35.5. The van der Waals surface area contributed by atoms with Crippen LogP contribution in [0.3, 0.4) is 0 Å². The van der Waals surface area contributed by atoms with Crippen LogP contribution in [0.1, 0.15) is 27.2 Å². The Kier molecular flexibility index (Phi) is 5.99. The van der Waals surface area contributed by atoms with Crippen LogP contribution in [0.4, 0.5) is 0 Å². The fourth-order valence-corrected chi connectivity index (χ4v) is 1.89. The van der Waals surface area contributed by atoms with Gasteiger partial charge in [0, 0.05) is 11.1 Å². The van der Waals surface area contributed by atoms with E-state index in [1.807, 2.05) is 6.92 Å². The molecule has 0 aliphatic rings. The summed E-state index contributed by atoms with van der Waals surface area (Å²) in [6, 6.07) is 7.12. The molecule has 18 heavy (non-hydrogen) atoms. The second-order valence-corrected chi connectivity index (χ2v) is 5.28. The first-order valence-electron chi connectivity index (χ1n) is 6.15. The lowest BCUT2D eigenvalue weighted by molar-refractivity contribution is -0.123. The van der Waals surface area contributed by atoms with E-state index in [1.54, 1.807) is 24.3 Å². The second-order valence-electron chi connectivity index (χ2n) is 4.84. The Labute approximate surface area is 113 Å². The minimum absolute atomic E-state index is 0.0318. The molecule has 3 nitrogen and oxygen atoms in total. The maximum atomic E-state index is 11.6. The highest BCUT2D eigenvalue weighted by molar-refractivity contribution is 6.30. The van der Waals surface area contributed by atoms with Gasteiger partial charge in [-0.3, -0.25) is 4.79 Å². The minimum Gasteiger partial charge on any atom is -0.484 e. The summed E-state index contributed by atoms with van der Waals surface area (Å²) in [5.74, 6) is 1.11. The molecule has 4 heteroatoms. The van der Waals surface area contributed by atoms with Gasteiger partial charge < -0.3 is 10.1 Å². The number of halogens is 1. The summed E-state index contributed by atoms with van der Waals surface area (Å²) in [5, 5.41) is 3.55. The van der Waals surface area contributed by atoms with Gasteiger partial charge >= 0.3 is 0 Å². The lowest BCUT2D eigenvalue weighted by atomic mass is 10.1. The van der Waals surface area contributed by atoms with Gasteiger partial charge in [-0.15, -0.1) is 0 Å². The summed E-state index contributed by atoms with van der Waals surface area (Å²) in [4.78, 5) is 11.6. The van der Waals surface area contributed by atoms with Gasteiger partial charge in [-0.2, -0.15) is 0 Å². The van der Waals surface area contributed by atoms with Crippen molar-refractivity contribution in [1.29, 1.82) is 0 Å². The second kappa shape index (κ2) is 7.27. The van der Waals surface area contributed by atoms with Crippen LogP contribution in [0.25, 0.3) is 0 Å². The number of carbonyl (C=O) groups excluding carboxylic acids is 1. The summed E-state index contributed by atoms with van der Waals surface area (Å²) in [7, 11) is 0. The predicted octanol–water partition coefficient (Wildman–Crippen LogP) is 3.27. The Balaban J connectivity index is 2.30. The maximum Gasteiger partial charge on any atom is 0.258 e. The van der Waals surface area contributed by atoms with Crippen molar-refractivity contribution in [2.24, 2.45) is 5.92 Å². The average molecular weight is 270 g/mol. The summed E-state index contributed by atoms with van der Waals surface area (Å²) in [5.41, 5.74) is 0. The lowest BCUT2D eigenvalue weighted by Crippen LogP contribution is -2.36. The van der Waals surface area contributed by atoms with E-state index in [1.165, 1.54) is 0 Å². The average Bonchev–Trinajstić information content (AvgIpc) is 2.27. The van der Waals surface area contributed by atoms with Gasteiger partial charge in [-0.25, -0.2) is 0 Å². The van der Waals surface area contributed by atoms with E-state index in [0.717, 1.165) is 6.42 Å². The van der Waals surface area contributed by atoms with Crippen molar-refractivity contribution in [2.45, 2.75) is 33.2 Å². The Hall–Kier alpha value is -1.22. The van der Waals surface area contributed by atoms with Gasteiger partial charge in [-0.1, -0.05) is 25.4 Å². The smallest absolute Gasteiger partial charge is 0.258 e. The maximum absolute atomic E-state index is 11.6. The highest BCUT2D eigenvalue weighted by Gasteiger charge is 2.09. The monoisotopic (exact) mass is 269 g/mol.